The number of aliphatic hydroxyl groups is 1. The van der Waals surface area contributed by atoms with Gasteiger partial charge in [-0.1, -0.05) is 18.2 Å². The fourth-order valence-electron chi connectivity index (χ4n) is 3.20. The molecule has 2 aromatic rings. The number of urea groups is 1. The van der Waals surface area contributed by atoms with Crippen LogP contribution in [0.5, 0.6) is 0 Å². The molecule has 2 amide bonds. The lowest BCUT2D eigenvalue weighted by atomic mass is 10.00. The second-order valence-electron chi connectivity index (χ2n) is 6.39. The van der Waals surface area contributed by atoms with Gasteiger partial charge in [0.1, 0.15) is 11.9 Å². The summed E-state index contributed by atoms with van der Waals surface area (Å²) in [4.78, 5) is 13.3. The molecule has 3 N–H and O–H groups in total. The molecule has 0 aliphatic carbocycles. The molecule has 142 valence electrons. The lowest BCUT2D eigenvalue weighted by Crippen LogP contribution is -2.60. The van der Waals surface area contributed by atoms with Crippen LogP contribution in [0.15, 0.2) is 59.5 Å². The lowest BCUT2D eigenvalue weighted by molar-refractivity contribution is -0.121. The summed E-state index contributed by atoms with van der Waals surface area (Å²) < 4.78 is 24.5. The Hall–Kier alpha value is -2.13. The predicted octanol–water partition coefficient (Wildman–Crippen LogP) is 2.59. The summed E-state index contributed by atoms with van der Waals surface area (Å²) in [6.45, 7) is 0.301. The first-order chi connectivity index (χ1) is 13.1. The van der Waals surface area contributed by atoms with Gasteiger partial charge in [0.15, 0.2) is 6.29 Å². The van der Waals surface area contributed by atoms with E-state index >= 15 is 0 Å². The average Bonchev–Trinajstić information content (AvgIpc) is 3.11. The van der Waals surface area contributed by atoms with Gasteiger partial charge in [-0.25, -0.2) is 9.18 Å². The second kappa shape index (κ2) is 7.85. The maximum Gasteiger partial charge on any atom is 0.319 e. The quantitative estimate of drug-likeness (QED) is 0.748. The summed E-state index contributed by atoms with van der Waals surface area (Å²) in [6, 6.07) is 14.0. The number of anilines is 1. The van der Waals surface area contributed by atoms with Gasteiger partial charge in [0.2, 0.25) is 0 Å². The predicted molar refractivity (Wildman–Crippen MR) is 99.0 cm³/mol. The largest absolute Gasteiger partial charge is 0.389 e. The fourth-order valence-corrected chi connectivity index (χ4v) is 4.39. The number of benzene rings is 2. The summed E-state index contributed by atoms with van der Waals surface area (Å²) in [7, 11) is 0. The Balaban J connectivity index is 1.43. The average molecular weight is 390 g/mol. The number of hydrogen-bond acceptors (Lipinski definition) is 5. The Morgan fingerprint density at radius 2 is 1.89 bits per heavy atom. The zero-order chi connectivity index (χ0) is 18.8. The van der Waals surface area contributed by atoms with Gasteiger partial charge in [-0.2, -0.15) is 0 Å². The highest BCUT2D eigenvalue weighted by molar-refractivity contribution is 8.00. The molecule has 0 aromatic heterocycles. The van der Waals surface area contributed by atoms with E-state index < -0.39 is 30.6 Å². The molecule has 2 fully saturated rings. The van der Waals surface area contributed by atoms with E-state index in [9.17, 15) is 14.3 Å². The number of ether oxygens (including phenoxy) is 2. The van der Waals surface area contributed by atoms with Gasteiger partial charge in [0.25, 0.3) is 0 Å². The van der Waals surface area contributed by atoms with E-state index in [1.54, 1.807) is 0 Å². The van der Waals surface area contributed by atoms with Crippen LogP contribution in [-0.4, -0.2) is 47.5 Å². The third-order valence-corrected chi connectivity index (χ3v) is 5.84. The maximum atomic E-state index is 13.0. The molecule has 8 heteroatoms. The van der Waals surface area contributed by atoms with Crippen molar-refractivity contribution in [2.45, 2.75) is 34.7 Å². The molecule has 0 unspecified atom stereocenters. The zero-order valence-corrected chi connectivity index (χ0v) is 15.1. The highest BCUT2D eigenvalue weighted by Crippen LogP contribution is 2.38. The molecule has 0 spiro atoms. The number of fused-ring (bicyclic) bond motifs is 2. The van der Waals surface area contributed by atoms with E-state index in [1.165, 1.54) is 36.0 Å². The number of carbonyl (C=O) groups excluding carboxylic acids is 1. The van der Waals surface area contributed by atoms with E-state index in [1.807, 2.05) is 30.3 Å². The van der Waals surface area contributed by atoms with Gasteiger partial charge in [0, 0.05) is 10.6 Å². The maximum absolute atomic E-state index is 13.0. The smallest absolute Gasteiger partial charge is 0.319 e. The van der Waals surface area contributed by atoms with Crippen molar-refractivity contribution in [2.24, 2.45) is 0 Å². The van der Waals surface area contributed by atoms with E-state index in [2.05, 4.69) is 10.6 Å². The van der Waals surface area contributed by atoms with E-state index in [0.717, 1.165) is 4.90 Å². The van der Waals surface area contributed by atoms with Crippen LogP contribution in [0.1, 0.15) is 0 Å². The number of carbonyl (C=O) groups is 1. The monoisotopic (exact) mass is 390 g/mol. The van der Waals surface area contributed by atoms with Crippen molar-refractivity contribution in [1.29, 1.82) is 0 Å². The summed E-state index contributed by atoms with van der Waals surface area (Å²) in [6.07, 6.45) is -1.79. The van der Waals surface area contributed by atoms with Crippen LogP contribution in [0.25, 0.3) is 0 Å². The van der Waals surface area contributed by atoms with Crippen LogP contribution >= 0.6 is 11.8 Å². The topological polar surface area (TPSA) is 79.8 Å². The minimum atomic E-state index is -0.847. The van der Waals surface area contributed by atoms with Crippen molar-refractivity contribution in [3.8, 4) is 0 Å². The highest BCUT2D eigenvalue weighted by atomic mass is 32.2. The van der Waals surface area contributed by atoms with Crippen LogP contribution in [-0.2, 0) is 9.47 Å². The first-order valence-electron chi connectivity index (χ1n) is 8.60. The molecule has 0 radical (unpaired) electrons. The molecule has 2 bridgehead atoms. The molecule has 5 atom stereocenters. The van der Waals surface area contributed by atoms with Crippen LogP contribution in [0.4, 0.5) is 14.9 Å². The normalized spacial score (nSPS) is 29.3. The number of rotatable bonds is 4. The van der Waals surface area contributed by atoms with E-state index in [0.29, 0.717) is 12.3 Å². The van der Waals surface area contributed by atoms with Gasteiger partial charge in [-0.05, 0) is 36.4 Å². The van der Waals surface area contributed by atoms with Crippen molar-refractivity contribution >= 4 is 23.5 Å². The molecule has 2 aliphatic heterocycles. The van der Waals surface area contributed by atoms with E-state index in [4.69, 9.17) is 9.47 Å². The third-order valence-electron chi connectivity index (χ3n) is 4.52. The van der Waals surface area contributed by atoms with Crippen molar-refractivity contribution < 1.29 is 23.8 Å². The van der Waals surface area contributed by atoms with Gasteiger partial charge in [-0.15, -0.1) is 11.8 Å². The summed E-state index contributed by atoms with van der Waals surface area (Å²) >= 11 is 1.46. The van der Waals surface area contributed by atoms with Crippen molar-refractivity contribution in [1.82, 2.24) is 5.32 Å². The minimum absolute atomic E-state index is 0.301. The highest BCUT2D eigenvalue weighted by Gasteiger charge is 2.51. The number of nitrogens with one attached hydrogen (secondary N) is 2. The van der Waals surface area contributed by atoms with Crippen LogP contribution in [0, 0.1) is 5.82 Å². The molecular formula is C19H19FN2O4S. The summed E-state index contributed by atoms with van der Waals surface area (Å²) in [5.41, 5.74) is 0.455. The minimum Gasteiger partial charge on any atom is -0.389 e. The first kappa shape index (κ1) is 18.2. The molecule has 2 aromatic carbocycles. The Kier molecular flexibility index (Phi) is 5.31. The Labute approximate surface area is 160 Å². The Morgan fingerprint density at radius 3 is 2.63 bits per heavy atom. The SMILES string of the molecule is O=C(Nc1ccc(F)cc1)N[C@H]1[C@H](O)[C@@H](Sc2ccccc2)[C@@H]2OC[C@H]1O2. The number of thioether (sulfide) groups is 1. The van der Waals surface area contributed by atoms with Gasteiger partial charge >= 0.3 is 6.03 Å². The standard InChI is InChI=1S/C19H19FN2O4S/c20-11-6-8-12(9-7-11)21-19(24)22-15-14-10-25-18(26-14)17(16(15)23)27-13-4-2-1-3-5-13/h1-9,14-18,23H,10H2,(H2,21,22,24)/t14-,15-,16+,17-,18-/m1/s1. The Morgan fingerprint density at radius 1 is 1.15 bits per heavy atom. The van der Waals surface area contributed by atoms with Crippen molar-refractivity contribution in [3.63, 3.8) is 0 Å². The van der Waals surface area contributed by atoms with Gasteiger partial charge in [-0.3, -0.25) is 0 Å². The van der Waals surface area contributed by atoms with Crippen LogP contribution in [0.2, 0.25) is 0 Å². The summed E-state index contributed by atoms with van der Waals surface area (Å²) in [5, 5.41) is 15.9. The molecule has 0 saturated carbocycles. The Bertz CT molecular complexity index is 792. The molecule has 6 nitrogen and oxygen atoms in total. The number of amides is 2. The number of halogens is 1. The van der Waals surface area contributed by atoms with Crippen LogP contribution < -0.4 is 10.6 Å². The molecule has 2 aliphatic rings. The van der Waals surface area contributed by atoms with E-state index in [-0.39, 0.29) is 11.1 Å². The second-order valence-corrected chi connectivity index (χ2v) is 7.64. The molecule has 2 heterocycles. The summed E-state index contributed by atoms with van der Waals surface area (Å²) in [5.74, 6) is -0.382. The number of hydrogen-bond donors (Lipinski definition) is 3. The van der Waals surface area contributed by atoms with Crippen molar-refractivity contribution in [3.05, 3.63) is 60.4 Å². The van der Waals surface area contributed by atoms with Gasteiger partial charge in [0.05, 0.1) is 24.0 Å². The lowest BCUT2D eigenvalue weighted by Gasteiger charge is -2.38. The fraction of sp³-hybridized carbons (Fsp3) is 0.316. The first-order valence-corrected chi connectivity index (χ1v) is 9.48. The number of aliphatic hydroxyl groups excluding tert-OH is 1. The molecule has 27 heavy (non-hydrogen) atoms. The third kappa shape index (κ3) is 4.08. The zero-order valence-electron chi connectivity index (χ0n) is 14.2. The van der Waals surface area contributed by atoms with Crippen LogP contribution in [0.3, 0.4) is 0 Å². The molecular weight excluding hydrogens is 371 g/mol. The molecule has 2 saturated heterocycles. The van der Waals surface area contributed by atoms with Crippen molar-refractivity contribution in [2.75, 3.05) is 11.9 Å². The molecule has 4 rings (SSSR count). The van der Waals surface area contributed by atoms with Gasteiger partial charge < -0.3 is 25.2 Å².